The number of carbonyl (C=O) groups excluding carboxylic acids is 1. The zero-order valence-corrected chi connectivity index (χ0v) is 12.2. The van der Waals surface area contributed by atoms with Crippen molar-refractivity contribution in [3.63, 3.8) is 0 Å². The Morgan fingerprint density at radius 3 is 2.68 bits per heavy atom. The fraction of sp³-hybridized carbons (Fsp3) is 0.143. The number of carbonyl (C=O) groups is 1. The van der Waals surface area contributed by atoms with Gasteiger partial charge in [-0.25, -0.2) is 9.03 Å². The van der Waals surface area contributed by atoms with Crippen molar-refractivity contribution in [3.05, 3.63) is 53.9 Å². The Hall–Kier alpha value is -2.61. The average Bonchev–Trinajstić information content (AvgIpc) is 2.73. The predicted molar refractivity (Wildman–Crippen MR) is 79.6 cm³/mol. The van der Waals surface area contributed by atoms with E-state index in [1.165, 1.54) is 12.1 Å². The molecule has 0 atom stereocenters. The number of nitrogens with one attached hydrogen (secondary N) is 1. The maximum Gasteiger partial charge on any atom is 0.326 e. The number of nitrogens with zero attached hydrogens (tertiary/aromatic N) is 2. The van der Waals surface area contributed by atoms with Gasteiger partial charge in [-0.15, -0.1) is 0 Å². The van der Waals surface area contributed by atoms with E-state index in [2.05, 4.69) is 4.98 Å². The molecule has 1 aromatic heterocycles. The number of rotatable bonds is 3. The highest BCUT2D eigenvalue weighted by molar-refractivity contribution is 7.92. The molecule has 3 rings (SSSR count). The molecular formula is C14H13N3O4S. The van der Waals surface area contributed by atoms with Gasteiger partial charge >= 0.3 is 10.2 Å². The van der Waals surface area contributed by atoms with Crippen LogP contribution in [0.4, 0.5) is 5.69 Å². The van der Waals surface area contributed by atoms with Crippen molar-refractivity contribution in [2.75, 3.05) is 10.8 Å². The van der Waals surface area contributed by atoms with Crippen molar-refractivity contribution in [3.8, 4) is 5.75 Å². The van der Waals surface area contributed by atoms with E-state index in [0.717, 1.165) is 15.6 Å². The van der Waals surface area contributed by atoms with E-state index in [1.807, 2.05) is 22.9 Å². The van der Waals surface area contributed by atoms with Crippen LogP contribution >= 0.6 is 0 Å². The van der Waals surface area contributed by atoms with Gasteiger partial charge in [0.25, 0.3) is 5.91 Å². The molecule has 0 aliphatic carbocycles. The van der Waals surface area contributed by atoms with Crippen molar-refractivity contribution in [1.82, 2.24) is 9.71 Å². The molecule has 0 bridgehead atoms. The maximum atomic E-state index is 11.8. The maximum absolute atomic E-state index is 11.8. The second-order valence-corrected chi connectivity index (χ2v) is 6.45. The van der Waals surface area contributed by atoms with Crippen LogP contribution in [0.1, 0.15) is 11.3 Å². The third-order valence-corrected chi connectivity index (χ3v) is 4.63. The molecule has 114 valence electrons. The highest BCUT2D eigenvalue weighted by Crippen LogP contribution is 2.31. The first-order chi connectivity index (χ1) is 10.5. The quantitative estimate of drug-likeness (QED) is 0.861. The lowest BCUT2D eigenvalue weighted by molar-refractivity contribution is -0.117. The Bertz CT molecular complexity index is 821. The summed E-state index contributed by atoms with van der Waals surface area (Å²) in [5.74, 6) is -0.828. The molecule has 1 aromatic carbocycles. The predicted octanol–water partition coefficient (Wildman–Crippen LogP) is 0.559. The van der Waals surface area contributed by atoms with Gasteiger partial charge in [0, 0.05) is 18.3 Å². The minimum Gasteiger partial charge on any atom is -0.506 e. The summed E-state index contributed by atoms with van der Waals surface area (Å²) in [4.78, 5) is 15.4. The lowest BCUT2D eigenvalue weighted by Gasteiger charge is -2.16. The summed E-state index contributed by atoms with van der Waals surface area (Å²) in [6.45, 7) is -0.338. The van der Waals surface area contributed by atoms with Crippen molar-refractivity contribution >= 4 is 21.8 Å². The SMILES string of the molecule is O=C1CN(c2ccc(Cc3ccccn3)cc2O)S(=O)(=O)N1. The van der Waals surface area contributed by atoms with Crippen LogP contribution in [0, 0.1) is 0 Å². The first-order valence-corrected chi connectivity index (χ1v) is 7.95. The molecule has 0 saturated carbocycles. The second kappa shape index (κ2) is 5.30. The fourth-order valence-corrected chi connectivity index (χ4v) is 3.43. The molecule has 1 aliphatic rings. The molecule has 1 amide bonds. The van der Waals surface area contributed by atoms with Crippen LogP contribution in [0.3, 0.4) is 0 Å². The number of aromatic nitrogens is 1. The van der Waals surface area contributed by atoms with Crippen molar-refractivity contribution in [2.24, 2.45) is 0 Å². The van der Waals surface area contributed by atoms with E-state index in [0.29, 0.717) is 6.42 Å². The summed E-state index contributed by atoms with van der Waals surface area (Å²) >= 11 is 0. The molecule has 0 radical (unpaired) electrons. The summed E-state index contributed by atoms with van der Waals surface area (Å²) in [5.41, 5.74) is 1.69. The van der Waals surface area contributed by atoms with Crippen LogP contribution in [0.15, 0.2) is 42.6 Å². The average molecular weight is 319 g/mol. The molecule has 0 unspecified atom stereocenters. The molecule has 1 aliphatic heterocycles. The normalized spacial score (nSPS) is 16.5. The number of phenolic OH excluding ortho intramolecular Hbond substituents is 1. The number of aromatic hydroxyl groups is 1. The van der Waals surface area contributed by atoms with Gasteiger partial charge in [0.2, 0.25) is 0 Å². The number of benzene rings is 1. The van der Waals surface area contributed by atoms with Crippen LogP contribution in [0.2, 0.25) is 0 Å². The highest BCUT2D eigenvalue weighted by atomic mass is 32.2. The molecule has 2 heterocycles. The van der Waals surface area contributed by atoms with Gasteiger partial charge in [-0.1, -0.05) is 12.1 Å². The van der Waals surface area contributed by atoms with Gasteiger partial charge in [-0.05, 0) is 29.8 Å². The highest BCUT2D eigenvalue weighted by Gasteiger charge is 2.35. The first kappa shape index (κ1) is 14.3. The molecule has 7 nitrogen and oxygen atoms in total. The van der Waals surface area contributed by atoms with Gasteiger partial charge in [-0.2, -0.15) is 8.42 Å². The number of pyridine rings is 1. The summed E-state index contributed by atoms with van der Waals surface area (Å²) in [6.07, 6.45) is 2.19. The van der Waals surface area contributed by atoms with Crippen molar-refractivity contribution in [2.45, 2.75) is 6.42 Å². The van der Waals surface area contributed by atoms with Crippen LogP contribution in [-0.2, 0) is 21.4 Å². The van der Waals surface area contributed by atoms with Crippen LogP contribution in [0.5, 0.6) is 5.75 Å². The number of phenols is 1. The van der Waals surface area contributed by atoms with E-state index in [1.54, 1.807) is 12.3 Å². The van der Waals surface area contributed by atoms with E-state index in [-0.39, 0.29) is 18.0 Å². The molecule has 8 heteroatoms. The monoisotopic (exact) mass is 319 g/mol. The third kappa shape index (κ3) is 2.73. The van der Waals surface area contributed by atoms with Gasteiger partial charge in [0.1, 0.15) is 12.3 Å². The summed E-state index contributed by atoms with van der Waals surface area (Å²) < 4.78 is 26.3. The van der Waals surface area contributed by atoms with Gasteiger partial charge in [0.15, 0.2) is 0 Å². The van der Waals surface area contributed by atoms with Crippen molar-refractivity contribution < 1.29 is 18.3 Å². The smallest absolute Gasteiger partial charge is 0.326 e. The molecule has 0 spiro atoms. The molecule has 1 fully saturated rings. The number of hydrogen-bond donors (Lipinski definition) is 2. The molecule has 2 N–H and O–H groups in total. The number of hydrogen-bond acceptors (Lipinski definition) is 5. The Labute approximate surface area is 127 Å². The van der Waals surface area contributed by atoms with Gasteiger partial charge in [-0.3, -0.25) is 9.78 Å². The lowest BCUT2D eigenvalue weighted by Crippen LogP contribution is -2.29. The van der Waals surface area contributed by atoms with Crippen molar-refractivity contribution in [1.29, 1.82) is 0 Å². The lowest BCUT2D eigenvalue weighted by atomic mass is 10.1. The second-order valence-electron chi connectivity index (χ2n) is 4.86. The molecule has 22 heavy (non-hydrogen) atoms. The Morgan fingerprint density at radius 1 is 1.27 bits per heavy atom. The minimum atomic E-state index is -3.92. The zero-order chi connectivity index (χ0) is 15.7. The van der Waals surface area contributed by atoms with Crippen LogP contribution in [-0.4, -0.2) is 31.0 Å². The van der Waals surface area contributed by atoms with E-state index >= 15 is 0 Å². The summed E-state index contributed by atoms with van der Waals surface area (Å²) in [5, 5.41) is 10.1. The topological polar surface area (TPSA) is 99.6 Å². The van der Waals surface area contributed by atoms with E-state index in [4.69, 9.17) is 0 Å². The Morgan fingerprint density at radius 2 is 2.09 bits per heavy atom. The minimum absolute atomic E-state index is 0.0723. The fourth-order valence-electron chi connectivity index (χ4n) is 2.26. The largest absolute Gasteiger partial charge is 0.506 e. The summed E-state index contributed by atoms with van der Waals surface area (Å²) in [6, 6.07) is 10.2. The van der Waals surface area contributed by atoms with E-state index < -0.39 is 16.1 Å². The summed E-state index contributed by atoms with van der Waals surface area (Å²) in [7, 11) is -3.92. The first-order valence-electron chi connectivity index (χ1n) is 6.51. The van der Waals surface area contributed by atoms with Gasteiger partial charge < -0.3 is 5.11 Å². The Balaban J connectivity index is 1.89. The molecule has 1 saturated heterocycles. The van der Waals surface area contributed by atoms with E-state index in [9.17, 15) is 18.3 Å². The standard InChI is InChI=1S/C14H13N3O4S/c18-13-8-10(7-11-3-1-2-6-15-11)4-5-12(13)17-9-14(19)16-22(17,20)21/h1-6,8,18H,7,9H2,(H,16,19). The third-order valence-electron chi connectivity index (χ3n) is 3.24. The molecule has 2 aromatic rings. The van der Waals surface area contributed by atoms with Crippen LogP contribution < -0.4 is 9.03 Å². The Kier molecular flexibility index (Phi) is 3.45. The number of anilines is 1. The number of amides is 1. The zero-order valence-electron chi connectivity index (χ0n) is 11.4. The van der Waals surface area contributed by atoms with Gasteiger partial charge in [0.05, 0.1) is 5.69 Å². The molecular weight excluding hydrogens is 306 g/mol. The van der Waals surface area contributed by atoms with Crippen LogP contribution in [0.25, 0.3) is 0 Å².